The molecule has 0 unspecified atom stereocenters. The fraction of sp³-hybridized carbons (Fsp3) is 0.435. The van der Waals surface area contributed by atoms with Gasteiger partial charge in [-0.3, -0.25) is 0 Å². The van der Waals surface area contributed by atoms with Crippen LogP contribution in [0.25, 0.3) is 0 Å². The minimum atomic E-state index is -3.37. The summed E-state index contributed by atoms with van der Waals surface area (Å²) in [6.07, 6.45) is 2.74. The Kier molecular flexibility index (Phi) is 10.7. The summed E-state index contributed by atoms with van der Waals surface area (Å²) in [6, 6.07) is 15.1. The normalized spacial score (nSPS) is 14.6. The van der Waals surface area contributed by atoms with Gasteiger partial charge >= 0.3 is 0 Å². The number of benzene rings is 2. The van der Waals surface area contributed by atoms with Crippen molar-refractivity contribution >= 4 is 40.0 Å². The number of methoxy groups -OCH3 is 1. The lowest BCUT2D eigenvalue weighted by molar-refractivity contribution is 0.414. The van der Waals surface area contributed by atoms with E-state index in [0.717, 1.165) is 49.6 Å². The van der Waals surface area contributed by atoms with Gasteiger partial charge < -0.3 is 15.4 Å². The van der Waals surface area contributed by atoms with E-state index in [0.29, 0.717) is 24.5 Å². The van der Waals surface area contributed by atoms with Crippen LogP contribution in [0.15, 0.2) is 58.4 Å². The summed E-state index contributed by atoms with van der Waals surface area (Å²) >= 11 is 0. The van der Waals surface area contributed by atoms with E-state index in [4.69, 9.17) is 4.74 Å². The maximum absolute atomic E-state index is 12.6. The summed E-state index contributed by atoms with van der Waals surface area (Å²) < 4.78 is 32.0. The van der Waals surface area contributed by atoms with Crippen molar-refractivity contribution in [3.63, 3.8) is 0 Å². The molecule has 0 amide bonds. The van der Waals surface area contributed by atoms with E-state index in [9.17, 15) is 8.42 Å². The number of nitrogens with zero attached hydrogens (tertiary/aromatic N) is 2. The molecule has 0 aromatic heterocycles. The number of sulfonamides is 1. The maximum atomic E-state index is 12.6. The van der Waals surface area contributed by atoms with Gasteiger partial charge in [0.15, 0.2) is 5.96 Å². The molecule has 32 heavy (non-hydrogen) atoms. The van der Waals surface area contributed by atoms with Crippen molar-refractivity contribution in [1.82, 2.24) is 14.9 Å². The average Bonchev–Trinajstić information content (AvgIpc) is 3.34. The molecule has 0 saturated carbocycles. The smallest absolute Gasteiger partial charge is 0.243 e. The number of hydrogen-bond acceptors (Lipinski definition) is 4. The van der Waals surface area contributed by atoms with Gasteiger partial charge in [-0.05, 0) is 61.6 Å². The van der Waals surface area contributed by atoms with Crippen LogP contribution < -0.4 is 15.4 Å². The van der Waals surface area contributed by atoms with Crippen molar-refractivity contribution < 1.29 is 13.2 Å². The predicted octanol–water partition coefficient (Wildman–Crippen LogP) is 3.40. The van der Waals surface area contributed by atoms with Gasteiger partial charge in [-0.25, -0.2) is 13.4 Å². The molecular weight excluding hydrogens is 539 g/mol. The molecule has 3 rings (SSSR count). The van der Waals surface area contributed by atoms with Gasteiger partial charge in [-0.15, -0.1) is 24.0 Å². The van der Waals surface area contributed by atoms with Crippen LogP contribution in [0.2, 0.25) is 0 Å². The van der Waals surface area contributed by atoms with Crippen LogP contribution in [0.5, 0.6) is 5.75 Å². The van der Waals surface area contributed by atoms with Crippen molar-refractivity contribution in [2.24, 2.45) is 4.99 Å². The third-order valence-corrected chi connectivity index (χ3v) is 7.17. The molecule has 1 heterocycles. The van der Waals surface area contributed by atoms with Gasteiger partial charge in [0.25, 0.3) is 0 Å². The Morgan fingerprint density at radius 1 is 1.00 bits per heavy atom. The molecule has 1 fully saturated rings. The molecule has 1 aliphatic heterocycles. The number of aliphatic imine (C=N–C) groups is 1. The first-order valence-electron chi connectivity index (χ1n) is 10.8. The van der Waals surface area contributed by atoms with Crippen molar-refractivity contribution in [3.8, 4) is 5.75 Å². The van der Waals surface area contributed by atoms with Crippen LogP contribution in [0.4, 0.5) is 0 Å². The zero-order chi connectivity index (χ0) is 22.1. The third-order valence-electron chi connectivity index (χ3n) is 5.26. The number of hydrogen-bond donors (Lipinski definition) is 2. The Hall–Kier alpha value is -1.85. The Balaban J connectivity index is 0.00000363. The van der Waals surface area contributed by atoms with Gasteiger partial charge in [0.2, 0.25) is 10.0 Å². The maximum Gasteiger partial charge on any atom is 0.243 e. The highest BCUT2D eigenvalue weighted by atomic mass is 127. The second kappa shape index (κ2) is 13.0. The summed E-state index contributed by atoms with van der Waals surface area (Å²) in [7, 11) is -1.71. The Labute approximate surface area is 208 Å². The van der Waals surface area contributed by atoms with Crippen LogP contribution in [-0.2, 0) is 23.0 Å². The van der Waals surface area contributed by atoms with Gasteiger partial charge in [-0.1, -0.05) is 24.3 Å². The molecule has 1 saturated heterocycles. The zero-order valence-electron chi connectivity index (χ0n) is 18.7. The first-order chi connectivity index (χ1) is 15.0. The zero-order valence-corrected chi connectivity index (χ0v) is 21.9. The average molecular weight is 573 g/mol. The molecule has 1 aliphatic rings. The largest absolute Gasteiger partial charge is 0.497 e. The SMILES string of the molecule is CCNC(=NCc1ccc(S(=O)(=O)N2CCCC2)cc1)NCCc1ccc(OC)cc1.I. The van der Waals surface area contributed by atoms with Crippen LogP contribution in [0, 0.1) is 0 Å². The lowest BCUT2D eigenvalue weighted by Crippen LogP contribution is -2.38. The topological polar surface area (TPSA) is 83.0 Å². The van der Waals surface area contributed by atoms with E-state index in [1.54, 1.807) is 23.5 Å². The predicted molar refractivity (Wildman–Crippen MR) is 139 cm³/mol. The summed E-state index contributed by atoms with van der Waals surface area (Å²) in [5.41, 5.74) is 2.19. The Bertz CT molecular complexity index is 958. The highest BCUT2D eigenvalue weighted by Crippen LogP contribution is 2.21. The highest BCUT2D eigenvalue weighted by Gasteiger charge is 2.26. The highest BCUT2D eigenvalue weighted by molar-refractivity contribution is 14.0. The van der Waals surface area contributed by atoms with Crippen LogP contribution in [-0.4, -0.2) is 52.0 Å². The molecule has 2 N–H and O–H groups in total. The Morgan fingerprint density at radius 2 is 1.62 bits per heavy atom. The molecule has 0 bridgehead atoms. The minimum Gasteiger partial charge on any atom is -0.497 e. The Morgan fingerprint density at radius 3 is 2.22 bits per heavy atom. The number of ether oxygens (including phenoxy) is 1. The quantitative estimate of drug-likeness (QED) is 0.274. The standard InChI is InChI=1S/C23H32N4O3S.HI/c1-3-24-23(25-15-14-19-6-10-21(30-2)11-7-19)26-18-20-8-12-22(13-9-20)31(28,29)27-16-4-5-17-27;/h6-13H,3-5,14-18H2,1-2H3,(H2,24,25,26);1H. The molecule has 9 heteroatoms. The van der Waals surface area contributed by atoms with Crippen LogP contribution in [0.1, 0.15) is 30.9 Å². The van der Waals surface area contributed by atoms with Crippen LogP contribution in [0.3, 0.4) is 0 Å². The van der Waals surface area contributed by atoms with Crippen molar-refractivity contribution in [2.45, 2.75) is 37.6 Å². The summed E-state index contributed by atoms with van der Waals surface area (Å²) in [5.74, 6) is 1.59. The van der Waals surface area contributed by atoms with Gasteiger partial charge in [-0.2, -0.15) is 4.31 Å². The molecule has 2 aromatic rings. The molecule has 0 aliphatic carbocycles. The summed E-state index contributed by atoms with van der Waals surface area (Å²) in [6.45, 7) is 5.25. The van der Waals surface area contributed by atoms with E-state index in [2.05, 4.69) is 27.8 Å². The van der Waals surface area contributed by atoms with Gasteiger partial charge in [0.1, 0.15) is 5.75 Å². The monoisotopic (exact) mass is 572 g/mol. The lowest BCUT2D eigenvalue weighted by Gasteiger charge is -2.15. The number of halogens is 1. The van der Waals surface area contributed by atoms with Crippen LogP contribution >= 0.6 is 24.0 Å². The summed E-state index contributed by atoms with van der Waals surface area (Å²) in [4.78, 5) is 4.98. The van der Waals surface area contributed by atoms with Gasteiger partial charge in [0, 0.05) is 26.2 Å². The first kappa shape index (κ1) is 26.4. The van der Waals surface area contributed by atoms with E-state index in [1.165, 1.54) is 5.56 Å². The molecule has 2 aromatic carbocycles. The lowest BCUT2D eigenvalue weighted by atomic mass is 10.1. The molecule has 176 valence electrons. The number of guanidine groups is 1. The summed E-state index contributed by atoms with van der Waals surface area (Å²) in [5, 5.41) is 6.59. The van der Waals surface area contributed by atoms with Crippen molar-refractivity contribution in [3.05, 3.63) is 59.7 Å². The molecule has 7 nitrogen and oxygen atoms in total. The molecule has 0 radical (unpaired) electrons. The van der Waals surface area contributed by atoms with E-state index < -0.39 is 10.0 Å². The third kappa shape index (κ3) is 7.35. The first-order valence-corrected chi connectivity index (χ1v) is 12.2. The fourth-order valence-electron chi connectivity index (χ4n) is 3.47. The van der Waals surface area contributed by atoms with Crippen molar-refractivity contribution in [2.75, 3.05) is 33.3 Å². The number of rotatable bonds is 9. The van der Waals surface area contributed by atoms with E-state index >= 15 is 0 Å². The molecule has 0 atom stereocenters. The molecular formula is C23H33IN4O3S. The van der Waals surface area contributed by atoms with E-state index in [-0.39, 0.29) is 24.0 Å². The second-order valence-corrected chi connectivity index (χ2v) is 9.41. The minimum absolute atomic E-state index is 0. The number of nitrogens with one attached hydrogen (secondary N) is 2. The van der Waals surface area contributed by atoms with Gasteiger partial charge in [0.05, 0.1) is 18.6 Å². The fourth-order valence-corrected chi connectivity index (χ4v) is 4.99. The molecule has 0 spiro atoms. The van der Waals surface area contributed by atoms with Crippen molar-refractivity contribution in [1.29, 1.82) is 0 Å². The second-order valence-electron chi connectivity index (χ2n) is 7.48. The van der Waals surface area contributed by atoms with E-state index in [1.807, 2.05) is 31.2 Å².